The normalized spacial score (nSPS) is 13.0. The number of unbranched alkanes of at least 4 members (excludes halogenated alkanes) is 26. The van der Waals surface area contributed by atoms with Gasteiger partial charge < -0.3 is 14.2 Å². The average molecular weight is 1150 g/mol. The Balaban J connectivity index is 4.39. The zero-order valence-electron chi connectivity index (χ0n) is 53.9. The van der Waals surface area contributed by atoms with Crippen LogP contribution in [0, 0.1) is 0 Å². The summed E-state index contributed by atoms with van der Waals surface area (Å²) in [7, 11) is 0. The molecular formula is C77H126O6. The van der Waals surface area contributed by atoms with Crippen LogP contribution in [0.3, 0.4) is 0 Å². The zero-order valence-corrected chi connectivity index (χ0v) is 53.9. The molecule has 0 aliphatic rings. The number of carbonyl (C=O) groups excluding carboxylic acids is 3. The van der Waals surface area contributed by atoms with Gasteiger partial charge in [0.1, 0.15) is 13.2 Å². The van der Waals surface area contributed by atoms with Crippen molar-refractivity contribution in [1.29, 1.82) is 0 Å². The molecule has 0 saturated carbocycles. The molecule has 0 aromatic carbocycles. The fourth-order valence-electron chi connectivity index (χ4n) is 9.27. The summed E-state index contributed by atoms with van der Waals surface area (Å²) < 4.78 is 16.9. The lowest BCUT2D eigenvalue weighted by atomic mass is 10.0. The van der Waals surface area contributed by atoms with Gasteiger partial charge in [0.15, 0.2) is 6.10 Å². The molecule has 1 unspecified atom stereocenters. The number of allylic oxidation sites excluding steroid dienone is 24. The highest BCUT2D eigenvalue weighted by Crippen LogP contribution is 2.16. The fraction of sp³-hybridized carbons (Fsp3) is 0.649. The first kappa shape index (κ1) is 78.3. The lowest BCUT2D eigenvalue weighted by molar-refractivity contribution is -0.167. The molecule has 1 atom stereocenters. The largest absolute Gasteiger partial charge is 0.462 e. The average Bonchev–Trinajstić information content (AvgIpc) is 3.49. The van der Waals surface area contributed by atoms with Gasteiger partial charge in [-0.2, -0.15) is 0 Å². The summed E-state index contributed by atoms with van der Waals surface area (Å²) in [5.74, 6) is -0.950. The monoisotopic (exact) mass is 1150 g/mol. The van der Waals surface area contributed by atoms with Gasteiger partial charge in [0.25, 0.3) is 0 Å². The fourth-order valence-corrected chi connectivity index (χ4v) is 9.27. The van der Waals surface area contributed by atoms with Crippen molar-refractivity contribution in [3.8, 4) is 0 Å². The SMILES string of the molecule is CC/C=C\C/C=C\C/C=C\C/C=C\C/C=C\C/C=C\C/C=C\C/C=C\CCCCCCCCC(=O)OCC(COC(=O)CCCC/C=C\C/C=C\C/C=C\C/C=C\CC)OC(=O)CCCCCCCCCCCCCCCCCCCCC. The molecule has 0 amide bonds. The summed E-state index contributed by atoms with van der Waals surface area (Å²) in [6.07, 6.45) is 100. The number of ether oxygens (including phenoxy) is 3. The summed E-state index contributed by atoms with van der Waals surface area (Å²) in [4.78, 5) is 38.4. The number of esters is 3. The van der Waals surface area contributed by atoms with Crippen molar-refractivity contribution in [2.24, 2.45) is 0 Å². The molecule has 6 heteroatoms. The van der Waals surface area contributed by atoms with Crippen LogP contribution in [0.1, 0.15) is 303 Å². The molecule has 0 bridgehead atoms. The van der Waals surface area contributed by atoms with Crippen LogP contribution in [0.5, 0.6) is 0 Å². The Bertz CT molecular complexity index is 1800. The van der Waals surface area contributed by atoms with Crippen LogP contribution in [-0.2, 0) is 28.6 Å². The van der Waals surface area contributed by atoms with Gasteiger partial charge in [-0.25, -0.2) is 0 Å². The molecule has 0 aromatic heterocycles. The van der Waals surface area contributed by atoms with Crippen LogP contribution >= 0.6 is 0 Å². The molecule has 0 aliphatic carbocycles. The summed E-state index contributed by atoms with van der Waals surface area (Å²) in [6, 6.07) is 0. The number of hydrogen-bond acceptors (Lipinski definition) is 6. The predicted molar refractivity (Wildman–Crippen MR) is 362 cm³/mol. The van der Waals surface area contributed by atoms with E-state index in [1.54, 1.807) is 0 Å². The third-order valence-electron chi connectivity index (χ3n) is 14.3. The van der Waals surface area contributed by atoms with Crippen molar-refractivity contribution >= 4 is 17.9 Å². The second-order valence-corrected chi connectivity index (χ2v) is 22.3. The first-order valence-electron chi connectivity index (χ1n) is 34.3. The number of rotatable bonds is 61. The van der Waals surface area contributed by atoms with Gasteiger partial charge in [-0.15, -0.1) is 0 Å². The summed E-state index contributed by atoms with van der Waals surface area (Å²) in [6.45, 7) is 6.39. The first-order chi connectivity index (χ1) is 41.0. The van der Waals surface area contributed by atoms with Crippen LogP contribution in [0.15, 0.2) is 146 Å². The van der Waals surface area contributed by atoms with Crippen LogP contribution in [0.25, 0.3) is 0 Å². The molecule has 0 rings (SSSR count). The van der Waals surface area contributed by atoms with Crippen molar-refractivity contribution in [3.63, 3.8) is 0 Å². The van der Waals surface area contributed by atoms with Crippen molar-refractivity contribution in [2.75, 3.05) is 13.2 Å². The van der Waals surface area contributed by atoms with Crippen LogP contribution in [0.2, 0.25) is 0 Å². The summed E-state index contributed by atoms with van der Waals surface area (Å²) in [5, 5.41) is 0. The molecule has 0 aromatic rings. The van der Waals surface area contributed by atoms with E-state index in [-0.39, 0.29) is 31.1 Å². The smallest absolute Gasteiger partial charge is 0.306 e. The Kier molecular flexibility index (Phi) is 65.8. The lowest BCUT2D eigenvalue weighted by Gasteiger charge is -2.18. The van der Waals surface area contributed by atoms with Gasteiger partial charge in [0.05, 0.1) is 0 Å². The maximum atomic E-state index is 12.9. The number of carbonyl (C=O) groups is 3. The maximum absolute atomic E-state index is 12.9. The minimum Gasteiger partial charge on any atom is -0.462 e. The molecule has 0 radical (unpaired) electrons. The Morgan fingerprint density at radius 3 is 0.759 bits per heavy atom. The van der Waals surface area contributed by atoms with Crippen molar-refractivity contribution in [1.82, 2.24) is 0 Å². The molecule has 0 fully saturated rings. The van der Waals surface area contributed by atoms with Crippen LogP contribution in [-0.4, -0.2) is 37.2 Å². The first-order valence-corrected chi connectivity index (χ1v) is 34.3. The Labute approximate surface area is 512 Å². The Morgan fingerprint density at radius 2 is 0.470 bits per heavy atom. The quantitative estimate of drug-likeness (QED) is 0.0261. The van der Waals surface area contributed by atoms with Gasteiger partial charge in [-0.05, 0) is 122 Å². The third-order valence-corrected chi connectivity index (χ3v) is 14.3. The maximum Gasteiger partial charge on any atom is 0.306 e. The van der Waals surface area contributed by atoms with Gasteiger partial charge in [0.2, 0.25) is 0 Å². The standard InChI is InChI=1S/C77H126O6/c1-4-7-10-13-16-19-22-25-28-30-32-33-34-35-36-37-38-39-40-41-42-43-45-46-49-52-55-58-61-64-67-70-76(79)82-73-74(72-81-75(78)69-66-63-60-57-54-51-48-27-24-21-18-15-12-9-6-3)83-77(80)71-68-65-62-59-56-53-50-47-44-31-29-26-23-20-17-14-11-8-5-2/h7,9-10,12,16,18-19,21,25,27-28,32-33,35-36,38-39,41-42,45-46,48,54,57,74H,4-6,8,11,13-15,17,20,22-24,26,29-31,34,37,40,43-44,47,49-53,55-56,58-73H2,1-3H3/b10-7-,12-9-,19-16-,21-18-,28-25-,33-32-,36-35-,39-38-,42-41-,46-45-,48-27-,57-54-. The van der Waals surface area contributed by atoms with E-state index in [1.807, 2.05) is 0 Å². The highest BCUT2D eigenvalue weighted by molar-refractivity contribution is 5.71. The van der Waals surface area contributed by atoms with E-state index in [2.05, 4.69) is 167 Å². The predicted octanol–water partition coefficient (Wildman–Crippen LogP) is 23.9. The van der Waals surface area contributed by atoms with Crippen molar-refractivity contribution < 1.29 is 28.6 Å². The molecule has 0 N–H and O–H groups in total. The van der Waals surface area contributed by atoms with Gasteiger partial charge in [-0.3, -0.25) is 14.4 Å². The van der Waals surface area contributed by atoms with Gasteiger partial charge in [0, 0.05) is 19.3 Å². The van der Waals surface area contributed by atoms with E-state index in [4.69, 9.17) is 14.2 Å². The van der Waals surface area contributed by atoms with E-state index < -0.39 is 6.10 Å². The van der Waals surface area contributed by atoms with Gasteiger partial charge >= 0.3 is 17.9 Å². The van der Waals surface area contributed by atoms with E-state index in [9.17, 15) is 14.4 Å². The summed E-state index contributed by atoms with van der Waals surface area (Å²) >= 11 is 0. The minimum absolute atomic E-state index is 0.102. The van der Waals surface area contributed by atoms with Crippen molar-refractivity contribution in [3.05, 3.63) is 146 Å². The second kappa shape index (κ2) is 69.8. The summed E-state index contributed by atoms with van der Waals surface area (Å²) in [5.41, 5.74) is 0. The third kappa shape index (κ3) is 68.0. The Morgan fingerprint density at radius 1 is 0.253 bits per heavy atom. The van der Waals surface area contributed by atoms with E-state index in [0.29, 0.717) is 19.3 Å². The van der Waals surface area contributed by atoms with E-state index >= 15 is 0 Å². The molecule has 0 heterocycles. The molecule has 0 saturated heterocycles. The molecule has 470 valence electrons. The van der Waals surface area contributed by atoms with Crippen LogP contribution < -0.4 is 0 Å². The molecular weight excluding hydrogens is 1020 g/mol. The molecule has 6 nitrogen and oxygen atoms in total. The van der Waals surface area contributed by atoms with E-state index in [0.717, 1.165) is 148 Å². The second-order valence-electron chi connectivity index (χ2n) is 22.3. The highest BCUT2D eigenvalue weighted by Gasteiger charge is 2.19. The topological polar surface area (TPSA) is 78.9 Å². The highest BCUT2D eigenvalue weighted by atomic mass is 16.6. The van der Waals surface area contributed by atoms with E-state index in [1.165, 1.54) is 116 Å². The molecule has 0 aliphatic heterocycles. The number of hydrogen-bond donors (Lipinski definition) is 0. The Hall–Kier alpha value is -4.71. The lowest BCUT2D eigenvalue weighted by Crippen LogP contribution is -2.30. The van der Waals surface area contributed by atoms with Crippen molar-refractivity contribution in [2.45, 2.75) is 309 Å². The van der Waals surface area contributed by atoms with Gasteiger partial charge in [-0.1, -0.05) is 308 Å². The molecule has 83 heavy (non-hydrogen) atoms. The zero-order chi connectivity index (χ0) is 59.9. The molecule has 0 spiro atoms. The van der Waals surface area contributed by atoms with Crippen LogP contribution in [0.4, 0.5) is 0 Å². The minimum atomic E-state index is -0.807.